The lowest BCUT2D eigenvalue weighted by atomic mass is 9.94. The van der Waals surface area contributed by atoms with Gasteiger partial charge >= 0.3 is 0 Å². The van der Waals surface area contributed by atoms with Crippen molar-refractivity contribution in [3.8, 4) is 0 Å². The fraction of sp³-hybridized carbons (Fsp3) is 0.625. The topological polar surface area (TPSA) is 29.3 Å². The Morgan fingerprint density at radius 3 is 2.74 bits per heavy atom. The van der Waals surface area contributed by atoms with Crippen molar-refractivity contribution >= 4 is 15.9 Å². The molecule has 0 aromatic heterocycles. The summed E-state index contributed by atoms with van der Waals surface area (Å²) in [7, 11) is 0. The Kier molecular flexibility index (Phi) is 5.86. The van der Waals surface area contributed by atoms with Crippen LogP contribution in [-0.2, 0) is 0 Å². The zero-order valence-electron chi connectivity index (χ0n) is 11.8. The number of likely N-dealkylation sites (tertiary alicyclic amines) is 1. The molecule has 0 spiro atoms. The van der Waals surface area contributed by atoms with E-state index in [0.29, 0.717) is 0 Å². The van der Waals surface area contributed by atoms with Crippen LogP contribution in [0.2, 0.25) is 0 Å². The molecular weight excluding hydrogens is 300 g/mol. The maximum absolute atomic E-state index is 6.29. The highest BCUT2D eigenvalue weighted by Crippen LogP contribution is 2.22. The van der Waals surface area contributed by atoms with Crippen LogP contribution in [0.15, 0.2) is 28.7 Å². The lowest BCUT2D eigenvalue weighted by molar-refractivity contribution is 0.177. The minimum Gasteiger partial charge on any atom is -0.324 e. The van der Waals surface area contributed by atoms with Gasteiger partial charge in [0.1, 0.15) is 0 Å². The predicted octanol–water partition coefficient (Wildman–Crippen LogP) is 3.96. The van der Waals surface area contributed by atoms with E-state index in [-0.39, 0.29) is 6.04 Å². The van der Waals surface area contributed by atoms with E-state index < -0.39 is 0 Å². The first-order valence-corrected chi connectivity index (χ1v) is 8.21. The van der Waals surface area contributed by atoms with Gasteiger partial charge in [-0.25, -0.2) is 0 Å². The Bertz CT molecular complexity index is 386. The van der Waals surface area contributed by atoms with Gasteiger partial charge in [0.25, 0.3) is 0 Å². The minimum absolute atomic E-state index is 0.154. The summed E-state index contributed by atoms with van der Waals surface area (Å²) in [5.41, 5.74) is 7.52. The van der Waals surface area contributed by atoms with Crippen molar-refractivity contribution in [2.45, 2.75) is 38.6 Å². The second-order valence-electron chi connectivity index (χ2n) is 5.64. The molecule has 0 saturated carbocycles. The molecule has 1 aliphatic heterocycles. The lowest BCUT2D eigenvalue weighted by Crippen LogP contribution is -2.35. The van der Waals surface area contributed by atoms with Crippen LogP contribution >= 0.6 is 15.9 Å². The third-order valence-corrected chi connectivity index (χ3v) is 4.81. The van der Waals surface area contributed by atoms with Crippen LogP contribution < -0.4 is 5.73 Å². The van der Waals surface area contributed by atoms with Crippen molar-refractivity contribution in [2.75, 3.05) is 19.6 Å². The third-order valence-electron chi connectivity index (χ3n) is 4.32. The van der Waals surface area contributed by atoms with Crippen LogP contribution in [0.25, 0.3) is 0 Å². The number of rotatable bonds is 5. The van der Waals surface area contributed by atoms with Crippen LogP contribution in [0.5, 0.6) is 0 Å². The smallest absolute Gasteiger partial charge is 0.0307 e. The fourth-order valence-electron chi connectivity index (χ4n) is 2.84. The Morgan fingerprint density at radius 2 is 2.11 bits per heavy atom. The Morgan fingerprint density at radius 1 is 1.37 bits per heavy atom. The zero-order chi connectivity index (χ0) is 13.7. The Balaban J connectivity index is 1.76. The molecule has 1 saturated heterocycles. The molecule has 1 atom stereocenters. The largest absolute Gasteiger partial charge is 0.324 e. The van der Waals surface area contributed by atoms with Gasteiger partial charge in [-0.1, -0.05) is 41.4 Å². The number of nitrogens with two attached hydrogens (primary N) is 1. The predicted molar refractivity (Wildman–Crippen MR) is 85.1 cm³/mol. The summed E-state index contributed by atoms with van der Waals surface area (Å²) in [5, 5.41) is 0. The SMILES string of the molecule is CCC1CCN(CCC(N)c2cccc(Br)c2)CC1. The van der Waals surface area contributed by atoms with E-state index >= 15 is 0 Å². The summed E-state index contributed by atoms with van der Waals surface area (Å²) in [4.78, 5) is 2.57. The molecule has 0 aliphatic carbocycles. The van der Waals surface area contributed by atoms with Gasteiger partial charge in [0.15, 0.2) is 0 Å². The first kappa shape index (κ1) is 15.0. The summed E-state index contributed by atoms with van der Waals surface area (Å²) < 4.78 is 1.12. The summed E-state index contributed by atoms with van der Waals surface area (Å²) in [5.74, 6) is 0.954. The molecular formula is C16H25BrN2. The number of piperidine rings is 1. The first-order valence-electron chi connectivity index (χ1n) is 7.42. The van der Waals surface area contributed by atoms with Crippen molar-refractivity contribution in [1.29, 1.82) is 0 Å². The van der Waals surface area contributed by atoms with Crippen LogP contribution in [0.4, 0.5) is 0 Å². The summed E-state index contributed by atoms with van der Waals surface area (Å²) in [6.07, 6.45) is 5.11. The average molecular weight is 325 g/mol. The van der Waals surface area contributed by atoms with E-state index in [1.165, 1.54) is 37.9 Å². The van der Waals surface area contributed by atoms with Gasteiger partial charge < -0.3 is 10.6 Å². The molecule has 3 heteroatoms. The van der Waals surface area contributed by atoms with Gasteiger partial charge in [0, 0.05) is 10.5 Å². The molecule has 2 N–H and O–H groups in total. The molecule has 1 aromatic rings. The van der Waals surface area contributed by atoms with E-state index in [1.54, 1.807) is 0 Å². The highest BCUT2D eigenvalue weighted by molar-refractivity contribution is 9.10. The normalized spacial score (nSPS) is 19.5. The molecule has 1 aliphatic rings. The Hall–Kier alpha value is -0.380. The number of hydrogen-bond donors (Lipinski definition) is 1. The van der Waals surface area contributed by atoms with Gasteiger partial charge in [-0.3, -0.25) is 0 Å². The molecule has 0 radical (unpaired) electrons. The minimum atomic E-state index is 0.154. The third kappa shape index (κ3) is 4.59. The van der Waals surface area contributed by atoms with Crippen molar-refractivity contribution in [3.05, 3.63) is 34.3 Å². The number of hydrogen-bond acceptors (Lipinski definition) is 2. The van der Waals surface area contributed by atoms with Gasteiger partial charge in [-0.15, -0.1) is 0 Å². The second-order valence-corrected chi connectivity index (χ2v) is 6.56. The van der Waals surface area contributed by atoms with Gasteiger partial charge in [0.2, 0.25) is 0 Å². The van der Waals surface area contributed by atoms with E-state index in [4.69, 9.17) is 5.73 Å². The van der Waals surface area contributed by atoms with E-state index in [1.807, 2.05) is 6.07 Å². The summed E-state index contributed by atoms with van der Waals surface area (Å²) >= 11 is 3.51. The van der Waals surface area contributed by atoms with E-state index in [0.717, 1.165) is 23.4 Å². The van der Waals surface area contributed by atoms with Gasteiger partial charge in [-0.05, 0) is 62.5 Å². The summed E-state index contributed by atoms with van der Waals surface area (Å²) in [6, 6.07) is 8.52. The van der Waals surface area contributed by atoms with Crippen molar-refractivity contribution in [1.82, 2.24) is 4.90 Å². The monoisotopic (exact) mass is 324 g/mol. The molecule has 1 heterocycles. The second kappa shape index (κ2) is 7.41. The zero-order valence-corrected chi connectivity index (χ0v) is 13.4. The maximum Gasteiger partial charge on any atom is 0.0307 e. The van der Waals surface area contributed by atoms with Crippen LogP contribution in [0.3, 0.4) is 0 Å². The van der Waals surface area contributed by atoms with Gasteiger partial charge in [0.05, 0.1) is 0 Å². The molecule has 0 bridgehead atoms. The molecule has 1 aromatic carbocycles. The molecule has 1 fully saturated rings. The van der Waals surface area contributed by atoms with Crippen LogP contribution in [0, 0.1) is 5.92 Å². The molecule has 0 amide bonds. The molecule has 106 valence electrons. The standard InChI is InChI=1S/C16H25BrN2/c1-2-13-6-9-19(10-7-13)11-8-16(18)14-4-3-5-15(17)12-14/h3-5,12-13,16H,2,6-11,18H2,1H3. The summed E-state index contributed by atoms with van der Waals surface area (Å²) in [6.45, 7) is 5.95. The maximum atomic E-state index is 6.29. The number of nitrogens with zero attached hydrogens (tertiary/aromatic N) is 1. The molecule has 2 rings (SSSR count). The molecule has 1 unspecified atom stereocenters. The quantitative estimate of drug-likeness (QED) is 0.888. The van der Waals surface area contributed by atoms with E-state index in [9.17, 15) is 0 Å². The lowest BCUT2D eigenvalue weighted by Gasteiger charge is -2.32. The van der Waals surface area contributed by atoms with Crippen molar-refractivity contribution < 1.29 is 0 Å². The highest BCUT2D eigenvalue weighted by Gasteiger charge is 2.18. The first-order chi connectivity index (χ1) is 9.19. The number of benzene rings is 1. The fourth-order valence-corrected chi connectivity index (χ4v) is 3.26. The van der Waals surface area contributed by atoms with E-state index in [2.05, 4.69) is 46.0 Å². The number of halogens is 1. The van der Waals surface area contributed by atoms with Gasteiger partial charge in [-0.2, -0.15) is 0 Å². The highest BCUT2D eigenvalue weighted by atomic mass is 79.9. The van der Waals surface area contributed by atoms with Crippen LogP contribution in [0.1, 0.15) is 44.2 Å². The van der Waals surface area contributed by atoms with Crippen LogP contribution in [-0.4, -0.2) is 24.5 Å². The molecule has 2 nitrogen and oxygen atoms in total. The Labute approximate surface area is 125 Å². The average Bonchev–Trinajstić information content (AvgIpc) is 2.45. The van der Waals surface area contributed by atoms with Crippen molar-refractivity contribution in [2.24, 2.45) is 11.7 Å². The molecule has 19 heavy (non-hydrogen) atoms. The van der Waals surface area contributed by atoms with Crippen molar-refractivity contribution in [3.63, 3.8) is 0 Å².